The number of β-lactam (4-membered cyclic amide) rings is 1. The van der Waals surface area contributed by atoms with Crippen LogP contribution in [-0.2, 0) is 26.3 Å². The lowest BCUT2D eigenvalue weighted by molar-refractivity contribution is -0.150. The first kappa shape index (κ1) is 23.1. The molecule has 0 bridgehead atoms. The lowest BCUT2D eigenvalue weighted by atomic mass is 10.0. The summed E-state index contributed by atoms with van der Waals surface area (Å²) < 4.78 is 1.48. The molecule has 174 valence electrons. The van der Waals surface area contributed by atoms with Gasteiger partial charge < -0.3 is 21.0 Å². The second-order valence-electron chi connectivity index (χ2n) is 6.85. The molecule has 2 aliphatic heterocycles. The third-order valence-corrected chi connectivity index (χ3v) is 7.98. The number of thioether (sulfide) groups is 2. The Kier molecular flexibility index (Phi) is 6.57. The largest absolute Gasteiger partial charge is 0.477 e. The van der Waals surface area contributed by atoms with Gasteiger partial charge in [0.1, 0.15) is 24.2 Å². The van der Waals surface area contributed by atoms with Crippen LogP contribution in [0.4, 0.5) is 5.00 Å². The highest BCUT2D eigenvalue weighted by atomic mass is 32.2. The zero-order valence-corrected chi connectivity index (χ0v) is 19.7. The standard InChI is InChI=1S/C17H18N8O5S3/c1-24-17(20-22-23-24)33-6-8-5-32-15-11(14(27)25(15)12(8)16(28)29)19-13(26)10(21-30-2)7-3-9(18)31-4-7/h3-4,11,15H,5-6,18H2,1-2H3,(H,19,26)(H,28,29)/b21-10-/t11-,15-/m1/s1. The second-order valence-corrected chi connectivity index (χ2v) is 9.84. The second kappa shape index (κ2) is 9.40. The van der Waals surface area contributed by atoms with Crippen molar-refractivity contribution in [1.82, 2.24) is 30.4 Å². The van der Waals surface area contributed by atoms with Gasteiger partial charge in [0, 0.05) is 29.5 Å². The van der Waals surface area contributed by atoms with Crippen molar-refractivity contribution in [3.05, 3.63) is 28.3 Å². The van der Waals surface area contributed by atoms with Gasteiger partial charge in [0.25, 0.3) is 11.8 Å². The molecule has 2 aromatic rings. The average molecular weight is 511 g/mol. The molecule has 0 aliphatic carbocycles. The van der Waals surface area contributed by atoms with Crippen LogP contribution < -0.4 is 11.1 Å². The molecule has 2 atom stereocenters. The molecule has 4 N–H and O–H groups in total. The van der Waals surface area contributed by atoms with Gasteiger partial charge in [-0.2, -0.15) is 0 Å². The van der Waals surface area contributed by atoms with Crippen molar-refractivity contribution in [3.8, 4) is 0 Å². The number of nitrogens with one attached hydrogen (secondary N) is 1. The average Bonchev–Trinajstić information content (AvgIpc) is 3.40. The molecule has 4 heterocycles. The van der Waals surface area contributed by atoms with E-state index in [1.54, 1.807) is 18.5 Å². The number of thiophene rings is 1. The van der Waals surface area contributed by atoms with Crippen LogP contribution in [0.15, 0.2) is 33.0 Å². The minimum Gasteiger partial charge on any atom is -0.477 e. The summed E-state index contributed by atoms with van der Waals surface area (Å²) in [7, 11) is 2.98. The molecule has 16 heteroatoms. The van der Waals surface area contributed by atoms with Crippen LogP contribution in [0.5, 0.6) is 0 Å². The molecule has 2 aliphatic rings. The van der Waals surface area contributed by atoms with Crippen molar-refractivity contribution in [1.29, 1.82) is 0 Å². The number of aromatic nitrogens is 4. The fourth-order valence-corrected chi connectivity index (χ4v) is 6.27. The molecule has 0 aromatic carbocycles. The third kappa shape index (κ3) is 4.40. The minimum atomic E-state index is -1.21. The molecule has 0 unspecified atom stereocenters. The van der Waals surface area contributed by atoms with Crippen LogP contribution in [0.25, 0.3) is 0 Å². The van der Waals surface area contributed by atoms with E-state index in [1.165, 1.54) is 51.6 Å². The fourth-order valence-electron chi connectivity index (χ4n) is 3.29. The Balaban J connectivity index is 1.49. The number of hydrogen-bond acceptors (Lipinski definition) is 12. The number of carbonyl (C=O) groups excluding carboxylic acids is 2. The number of fused-ring (bicyclic) bond motifs is 1. The van der Waals surface area contributed by atoms with Gasteiger partial charge in [-0.3, -0.25) is 14.5 Å². The van der Waals surface area contributed by atoms with Gasteiger partial charge in [-0.1, -0.05) is 16.9 Å². The number of carbonyl (C=O) groups is 3. The number of oxime groups is 1. The van der Waals surface area contributed by atoms with Gasteiger partial charge in [-0.15, -0.1) is 28.2 Å². The number of anilines is 1. The fraction of sp³-hybridized carbons (Fsp3) is 0.353. The number of carboxylic acids is 1. The Morgan fingerprint density at radius 1 is 1.48 bits per heavy atom. The molecule has 0 spiro atoms. The Bertz CT molecular complexity index is 1180. The SMILES string of the molecule is CO/N=C(\C(=O)N[C@@H]1C(=O)N2C(C(=O)O)=C(CSc3nnnn3C)CS[C@H]12)c1csc(N)c1. The zero-order chi connectivity index (χ0) is 23.7. The van der Waals surface area contributed by atoms with Gasteiger partial charge in [0.05, 0.1) is 5.00 Å². The van der Waals surface area contributed by atoms with Crippen molar-refractivity contribution < 1.29 is 24.3 Å². The Morgan fingerprint density at radius 3 is 2.88 bits per heavy atom. The van der Waals surface area contributed by atoms with E-state index in [2.05, 4.69) is 26.0 Å². The lowest BCUT2D eigenvalue weighted by Gasteiger charge is -2.49. The number of nitrogens with two attached hydrogens (primary N) is 1. The molecule has 13 nitrogen and oxygen atoms in total. The predicted octanol–water partition coefficient (Wildman–Crippen LogP) is -0.265. The van der Waals surface area contributed by atoms with Gasteiger partial charge in [0.2, 0.25) is 5.16 Å². The van der Waals surface area contributed by atoms with E-state index in [-0.39, 0.29) is 11.4 Å². The first-order valence-corrected chi connectivity index (χ1v) is 12.2. The third-order valence-electron chi connectivity index (χ3n) is 4.78. The van der Waals surface area contributed by atoms with Crippen LogP contribution in [0.3, 0.4) is 0 Å². The maximum Gasteiger partial charge on any atom is 0.352 e. The van der Waals surface area contributed by atoms with Crippen molar-refractivity contribution in [2.45, 2.75) is 16.6 Å². The monoisotopic (exact) mass is 510 g/mol. The Hall–Kier alpha value is -3.11. The van der Waals surface area contributed by atoms with Crippen molar-refractivity contribution in [2.24, 2.45) is 12.2 Å². The summed E-state index contributed by atoms with van der Waals surface area (Å²) in [5, 5.41) is 29.5. The van der Waals surface area contributed by atoms with Crippen LogP contribution in [0, 0.1) is 0 Å². The van der Waals surface area contributed by atoms with E-state index in [9.17, 15) is 19.5 Å². The smallest absolute Gasteiger partial charge is 0.352 e. The molecule has 33 heavy (non-hydrogen) atoms. The number of rotatable bonds is 8. The topological polar surface area (TPSA) is 178 Å². The molecular weight excluding hydrogens is 492 g/mol. The quantitative estimate of drug-likeness (QED) is 0.184. The molecule has 2 amide bonds. The van der Waals surface area contributed by atoms with Crippen LogP contribution in [0.2, 0.25) is 0 Å². The summed E-state index contributed by atoms with van der Waals surface area (Å²) in [4.78, 5) is 43.7. The number of aliphatic carboxylic acids is 1. The number of hydrogen-bond donors (Lipinski definition) is 3. The van der Waals surface area contributed by atoms with E-state index < -0.39 is 29.2 Å². The summed E-state index contributed by atoms with van der Waals surface area (Å²) in [6.07, 6.45) is 0. The van der Waals surface area contributed by atoms with Crippen molar-refractivity contribution >= 4 is 63.4 Å². The summed E-state index contributed by atoms with van der Waals surface area (Å²) >= 11 is 3.88. The van der Waals surface area contributed by atoms with Crippen molar-refractivity contribution in [3.63, 3.8) is 0 Å². The highest BCUT2D eigenvalue weighted by Crippen LogP contribution is 2.41. The molecular formula is C17H18N8O5S3. The number of carboxylic acid groups (broad SMARTS) is 1. The number of nitrogens with zero attached hydrogens (tertiary/aromatic N) is 6. The highest BCUT2D eigenvalue weighted by molar-refractivity contribution is 8.01. The van der Waals surface area contributed by atoms with Crippen molar-refractivity contribution in [2.75, 3.05) is 24.3 Å². The molecule has 0 saturated carbocycles. The summed E-state index contributed by atoms with van der Waals surface area (Å²) in [5.41, 5.74) is 6.66. The van der Waals surface area contributed by atoms with E-state index in [4.69, 9.17) is 10.6 Å². The lowest BCUT2D eigenvalue weighted by Crippen LogP contribution is -2.71. The van der Waals surface area contributed by atoms with Crippen LogP contribution in [-0.4, -0.2) is 83.7 Å². The van der Waals surface area contributed by atoms with Crippen LogP contribution >= 0.6 is 34.9 Å². The Morgan fingerprint density at radius 2 is 2.27 bits per heavy atom. The maximum atomic E-state index is 12.9. The molecule has 4 rings (SSSR count). The molecule has 1 fully saturated rings. The number of aryl methyl sites for hydroxylation is 1. The number of amides is 2. The number of tetrazole rings is 1. The summed E-state index contributed by atoms with van der Waals surface area (Å²) in [5.74, 6) is -1.66. The van der Waals surface area contributed by atoms with E-state index in [0.29, 0.717) is 32.8 Å². The molecule has 0 radical (unpaired) electrons. The van der Waals surface area contributed by atoms with Gasteiger partial charge in [-0.05, 0) is 22.1 Å². The highest BCUT2D eigenvalue weighted by Gasteiger charge is 2.54. The zero-order valence-electron chi connectivity index (χ0n) is 17.3. The van der Waals surface area contributed by atoms with Crippen LogP contribution in [0.1, 0.15) is 5.56 Å². The van der Waals surface area contributed by atoms with Gasteiger partial charge >= 0.3 is 5.97 Å². The van der Waals surface area contributed by atoms with Gasteiger partial charge in [0.15, 0.2) is 5.71 Å². The molecule has 1 saturated heterocycles. The first-order valence-electron chi connectivity index (χ1n) is 9.33. The first-order chi connectivity index (χ1) is 15.8. The minimum absolute atomic E-state index is 0.0270. The van der Waals surface area contributed by atoms with E-state index >= 15 is 0 Å². The summed E-state index contributed by atoms with van der Waals surface area (Å²) in [6, 6.07) is 0.681. The normalized spacial score (nSPS) is 20.4. The number of nitrogen functional groups attached to an aromatic ring is 1. The molecule has 2 aromatic heterocycles. The van der Waals surface area contributed by atoms with E-state index in [0.717, 1.165) is 0 Å². The predicted molar refractivity (Wildman–Crippen MR) is 121 cm³/mol. The Labute approximate surface area is 199 Å². The van der Waals surface area contributed by atoms with Gasteiger partial charge in [-0.25, -0.2) is 9.48 Å². The maximum absolute atomic E-state index is 12.9. The van der Waals surface area contributed by atoms with E-state index in [1.807, 2.05) is 0 Å². The summed E-state index contributed by atoms with van der Waals surface area (Å²) in [6.45, 7) is 0.